The third-order valence-corrected chi connectivity index (χ3v) is 6.57. The highest BCUT2D eigenvalue weighted by Crippen LogP contribution is 2.46. The molecule has 1 aliphatic rings. The van der Waals surface area contributed by atoms with Crippen molar-refractivity contribution < 1.29 is 32.3 Å². The van der Waals surface area contributed by atoms with Gasteiger partial charge in [0, 0.05) is 40.8 Å². The van der Waals surface area contributed by atoms with E-state index in [1.54, 1.807) is 18.2 Å². The van der Waals surface area contributed by atoms with Crippen molar-refractivity contribution in [2.75, 3.05) is 0 Å². The summed E-state index contributed by atoms with van der Waals surface area (Å²) in [6.07, 6.45) is 5.25. The Balaban J connectivity index is 2.09. The molecule has 0 amide bonds. The summed E-state index contributed by atoms with van der Waals surface area (Å²) in [4.78, 5) is 30.2. The Morgan fingerprint density at radius 3 is 1.95 bits per heavy atom. The Kier molecular flexibility index (Phi) is 7.49. The highest BCUT2D eigenvalue weighted by molar-refractivity contribution is 6.36. The third kappa shape index (κ3) is 5.23. The molecule has 0 saturated heterocycles. The molecule has 3 aromatic carbocycles. The van der Waals surface area contributed by atoms with E-state index in [0.717, 1.165) is 24.3 Å². The summed E-state index contributed by atoms with van der Waals surface area (Å²) >= 11 is 0. The first-order valence-electron chi connectivity index (χ1n) is 11.9. The van der Waals surface area contributed by atoms with E-state index in [9.17, 15) is 23.5 Å². The van der Waals surface area contributed by atoms with Crippen molar-refractivity contribution in [1.82, 2.24) is 0 Å². The Morgan fingerprint density at radius 2 is 1.46 bits per heavy atom. The van der Waals surface area contributed by atoms with E-state index < -0.39 is 46.0 Å². The monoisotopic (exact) mass is 533 g/mol. The van der Waals surface area contributed by atoms with Crippen LogP contribution >= 0.6 is 0 Å². The molecular formula is C31H23F4NO3. The largest absolute Gasteiger partial charge is 0.477 e. The van der Waals surface area contributed by atoms with Crippen LogP contribution in [0.1, 0.15) is 34.8 Å². The maximum absolute atomic E-state index is 15.3. The van der Waals surface area contributed by atoms with Gasteiger partial charge >= 0.3 is 5.97 Å². The number of carbonyl (C=O) groups excluding carboxylic acids is 1. The summed E-state index contributed by atoms with van der Waals surface area (Å²) in [5, 5.41) is 9.70. The lowest BCUT2D eigenvalue weighted by atomic mass is 9.66. The molecule has 1 unspecified atom stereocenters. The molecule has 4 rings (SSSR count). The summed E-state index contributed by atoms with van der Waals surface area (Å²) in [7, 11) is 0. The van der Waals surface area contributed by atoms with Crippen LogP contribution in [0.5, 0.6) is 0 Å². The van der Waals surface area contributed by atoms with Crippen molar-refractivity contribution in [3.05, 3.63) is 143 Å². The summed E-state index contributed by atoms with van der Waals surface area (Å²) in [6, 6.07) is 13.5. The van der Waals surface area contributed by atoms with Gasteiger partial charge in [-0.25, -0.2) is 22.4 Å². The van der Waals surface area contributed by atoms with Crippen LogP contribution in [0.15, 0.2) is 108 Å². The Bertz CT molecular complexity index is 1510. The number of carbonyl (C=O) groups is 2. The molecule has 0 bridgehead atoms. The van der Waals surface area contributed by atoms with E-state index in [1.165, 1.54) is 43.4 Å². The highest BCUT2D eigenvalue weighted by Gasteiger charge is 2.44. The Labute approximate surface area is 222 Å². The molecule has 0 heterocycles. The fourth-order valence-corrected chi connectivity index (χ4v) is 4.67. The second-order valence-electron chi connectivity index (χ2n) is 9.21. The topological polar surface area (TPSA) is 66.7 Å². The van der Waals surface area contributed by atoms with Crippen molar-refractivity contribution in [3.8, 4) is 0 Å². The van der Waals surface area contributed by atoms with Crippen molar-refractivity contribution in [1.29, 1.82) is 0 Å². The second-order valence-corrected chi connectivity index (χ2v) is 9.21. The molecule has 0 saturated carbocycles. The van der Waals surface area contributed by atoms with Crippen LogP contribution in [0, 0.1) is 23.3 Å². The summed E-state index contributed by atoms with van der Waals surface area (Å²) in [6.45, 7) is 5.04. The number of ketones is 1. The molecular weight excluding hydrogens is 510 g/mol. The van der Waals surface area contributed by atoms with Crippen molar-refractivity contribution in [2.45, 2.75) is 24.3 Å². The van der Waals surface area contributed by atoms with Crippen LogP contribution in [0.4, 0.5) is 17.6 Å². The Hall–Kier alpha value is -4.59. The number of Topliss-reactive ketones (excluding diaryl/α,β-unsaturated/α-hetero) is 1. The van der Waals surface area contributed by atoms with Crippen molar-refractivity contribution in [3.63, 3.8) is 0 Å². The summed E-state index contributed by atoms with van der Waals surface area (Å²) in [5.41, 5.74) is -4.01. The average Bonchev–Trinajstić information content (AvgIpc) is 2.89. The Morgan fingerprint density at radius 1 is 0.897 bits per heavy atom. The number of aliphatic imine (C=N–C) groups is 1. The number of hydrogen-bond acceptors (Lipinski definition) is 3. The van der Waals surface area contributed by atoms with Crippen LogP contribution in [0.2, 0.25) is 0 Å². The van der Waals surface area contributed by atoms with E-state index >= 15 is 8.78 Å². The quantitative estimate of drug-likeness (QED) is 0.150. The van der Waals surface area contributed by atoms with E-state index in [0.29, 0.717) is 12.1 Å². The summed E-state index contributed by atoms with van der Waals surface area (Å²) in [5.74, 6) is -5.72. The minimum atomic E-state index is -1.84. The van der Waals surface area contributed by atoms with E-state index in [4.69, 9.17) is 0 Å². The molecule has 4 nitrogen and oxygen atoms in total. The van der Waals surface area contributed by atoms with Gasteiger partial charge in [0.1, 0.15) is 34.5 Å². The van der Waals surface area contributed by atoms with E-state index in [1.807, 2.05) is 0 Å². The van der Waals surface area contributed by atoms with Gasteiger partial charge in [-0.1, -0.05) is 66.8 Å². The zero-order valence-electron chi connectivity index (χ0n) is 20.8. The van der Waals surface area contributed by atoms with Gasteiger partial charge in [0.2, 0.25) is 0 Å². The summed E-state index contributed by atoms with van der Waals surface area (Å²) < 4.78 is 58.4. The van der Waals surface area contributed by atoms with Gasteiger partial charge < -0.3 is 5.11 Å². The molecule has 1 atom stereocenters. The molecule has 0 aliphatic heterocycles. The lowest BCUT2D eigenvalue weighted by Crippen LogP contribution is -2.39. The van der Waals surface area contributed by atoms with Gasteiger partial charge in [0.15, 0.2) is 5.78 Å². The van der Waals surface area contributed by atoms with Crippen LogP contribution in [-0.4, -0.2) is 28.1 Å². The molecule has 198 valence electrons. The fourth-order valence-electron chi connectivity index (χ4n) is 4.67. The lowest BCUT2D eigenvalue weighted by Gasteiger charge is -2.38. The number of carboxylic acids is 1. The maximum atomic E-state index is 15.3. The molecule has 39 heavy (non-hydrogen) atoms. The number of carboxylic acid groups (broad SMARTS) is 1. The molecule has 8 heteroatoms. The number of halogens is 4. The molecule has 0 radical (unpaired) electrons. The molecule has 1 N–H and O–H groups in total. The number of allylic oxidation sites excluding steroid dienone is 3. The van der Waals surface area contributed by atoms with Crippen LogP contribution in [0.3, 0.4) is 0 Å². The minimum absolute atomic E-state index is 0.0912. The molecule has 3 aromatic rings. The van der Waals surface area contributed by atoms with Gasteiger partial charge in [-0.2, -0.15) is 0 Å². The molecule has 0 aromatic heterocycles. The second kappa shape index (κ2) is 10.6. The normalized spacial score (nSPS) is 18.4. The van der Waals surface area contributed by atoms with Gasteiger partial charge in [-0.05, 0) is 19.1 Å². The number of benzene rings is 3. The smallest absolute Gasteiger partial charge is 0.350 e. The van der Waals surface area contributed by atoms with Crippen LogP contribution in [0.25, 0.3) is 0 Å². The number of nitrogens with zero attached hydrogens (tertiary/aromatic N) is 1. The predicted molar refractivity (Wildman–Crippen MR) is 140 cm³/mol. The number of rotatable bonds is 8. The fraction of sp³-hybridized carbons (Fsp3) is 0.129. The molecule has 0 spiro atoms. The van der Waals surface area contributed by atoms with Gasteiger partial charge in [0.05, 0.1) is 5.41 Å². The number of hydrogen-bond donors (Lipinski definition) is 1. The van der Waals surface area contributed by atoms with Gasteiger partial charge in [-0.3, -0.25) is 9.79 Å². The molecule has 1 aliphatic carbocycles. The predicted octanol–water partition coefficient (Wildman–Crippen LogP) is 6.77. The third-order valence-electron chi connectivity index (χ3n) is 6.57. The van der Waals surface area contributed by atoms with Crippen LogP contribution < -0.4 is 0 Å². The SMILES string of the molecule is C=CCC(=NC1(C)C=CC(c2ccc(F)cc2F)(c2ccc(F)cc2F)C=C1C(=O)c1ccccc1)C(=O)O. The zero-order chi connectivity index (χ0) is 28.4. The zero-order valence-corrected chi connectivity index (χ0v) is 20.8. The van der Waals surface area contributed by atoms with Gasteiger partial charge in [-0.15, -0.1) is 6.58 Å². The average molecular weight is 534 g/mol. The van der Waals surface area contributed by atoms with E-state index in [-0.39, 0.29) is 34.4 Å². The first-order valence-corrected chi connectivity index (χ1v) is 11.9. The van der Waals surface area contributed by atoms with Gasteiger partial charge in [0.25, 0.3) is 0 Å². The first-order chi connectivity index (χ1) is 18.5. The minimum Gasteiger partial charge on any atom is -0.477 e. The standard InChI is InChI=1S/C31H23F4NO3/c1-3-7-27(29(38)39)36-30(2)14-15-31(22-12-10-20(32)16-25(22)34,23-13-11-21(33)17-26(23)35)18-24(30)28(37)19-8-5-4-6-9-19/h3-6,8-18H,1,7H2,2H3,(H,38,39). The van der Waals surface area contributed by atoms with E-state index in [2.05, 4.69) is 11.6 Å². The van der Waals surface area contributed by atoms with Crippen molar-refractivity contribution in [2.24, 2.45) is 4.99 Å². The lowest BCUT2D eigenvalue weighted by molar-refractivity contribution is -0.129. The maximum Gasteiger partial charge on any atom is 0.350 e. The van der Waals surface area contributed by atoms with Crippen LogP contribution in [-0.2, 0) is 10.2 Å². The van der Waals surface area contributed by atoms with Crippen molar-refractivity contribution >= 4 is 17.5 Å². The highest BCUT2D eigenvalue weighted by atomic mass is 19.1. The molecule has 0 fully saturated rings. The number of aliphatic carboxylic acids is 1. The first kappa shape index (κ1) is 27.4.